The van der Waals surface area contributed by atoms with Gasteiger partial charge in [0.15, 0.2) is 0 Å². The van der Waals surface area contributed by atoms with Crippen LogP contribution in [0.4, 0.5) is 0 Å². The van der Waals surface area contributed by atoms with Crippen LogP contribution in [-0.4, -0.2) is 57.4 Å². The molecule has 0 aliphatic carbocycles. The van der Waals surface area contributed by atoms with Gasteiger partial charge < -0.3 is 10.0 Å². The highest BCUT2D eigenvalue weighted by atomic mass is 32.1. The summed E-state index contributed by atoms with van der Waals surface area (Å²) in [7, 11) is 1.99. The molecule has 0 unspecified atom stereocenters. The molecule has 0 aromatic carbocycles. The quantitative estimate of drug-likeness (QED) is 0.887. The van der Waals surface area contributed by atoms with Gasteiger partial charge in [-0.05, 0) is 43.0 Å². The van der Waals surface area contributed by atoms with E-state index >= 15 is 0 Å². The molecule has 1 aliphatic heterocycles. The third-order valence-electron chi connectivity index (χ3n) is 4.67. The van der Waals surface area contributed by atoms with Gasteiger partial charge in [0.2, 0.25) is 0 Å². The minimum Gasteiger partial charge on any atom is -0.480 e. The second-order valence-corrected chi connectivity index (χ2v) is 7.10. The van der Waals surface area contributed by atoms with Crippen molar-refractivity contribution in [1.29, 1.82) is 0 Å². The molecule has 25 heavy (non-hydrogen) atoms. The van der Waals surface area contributed by atoms with Crippen molar-refractivity contribution < 1.29 is 14.7 Å². The number of thiophene rings is 1. The fraction of sp³-hybridized carbons (Fsp3) is 0.389. The number of nitrogens with zero attached hydrogens (tertiary/aromatic N) is 3. The first-order valence-corrected chi connectivity index (χ1v) is 9.15. The van der Waals surface area contributed by atoms with Crippen molar-refractivity contribution in [3.63, 3.8) is 0 Å². The van der Waals surface area contributed by atoms with E-state index in [1.807, 2.05) is 30.8 Å². The second kappa shape index (κ2) is 7.76. The van der Waals surface area contributed by atoms with Crippen molar-refractivity contribution in [2.24, 2.45) is 0 Å². The number of rotatable bonds is 5. The Morgan fingerprint density at radius 1 is 1.44 bits per heavy atom. The van der Waals surface area contributed by atoms with E-state index in [1.165, 1.54) is 16.2 Å². The normalized spacial score (nSPS) is 20.6. The first-order chi connectivity index (χ1) is 12.1. The molecule has 2 atom stereocenters. The smallest absolute Gasteiger partial charge is 0.326 e. The van der Waals surface area contributed by atoms with Crippen LogP contribution in [0.5, 0.6) is 0 Å². The molecular weight excluding hydrogens is 338 g/mol. The summed E-state index contributed by atoms with van der Waals surface area (Å²) in [5.41, 5.74) is 1.66. The molecule has 0 spiro atoms. The predicted molar refractivity (Wildman–Crippen MR) is 95.5 cm³/mol. The maximum absolute atomic E-state index is 12.6. The van der Waals surface area contributed by atoms with E-state index in [9.17, 15) is 14.7 Å². The monoisotopic (exact) mass is 359 g/mol. The number of carbonyl (C=O) groups excluding carboxylic acids is 1. The summed E-state index contributed by atoms with van der Waals surface area (Å²) in [5.74, 6) is -1.13. The number of carbonyl (C=O) groups is 2. The number of amides is 1. The van der Waals surface area contributed by atoms with E-state index in [4.69, 9.17) is 0 Å². The molecule has 3 rings (SSSR count). The highest BCUT2D eigenvalue weighted by molar-refractivity contribution is 7.08. The van der Waals surface area contributed by atoms with E-state index in [0.717, 1.165) is 12.0 Å². The first kappa shape index (κ1) is 17.6. The zero-order chi connectivity index (χ0) is 17.8. The third kappa shape index (κ3) is 4.05. The second-order valence-electron chi connectivity index (χ2n) is 6.32. The molecule has 1 amide bonds. The molecule has 0 saturated carbocycles. The van der Waals surface area contributed by atoms with Crippen LogP contribution in [0.15, 0.2) is 41.4 Å². The highest BCUT2D eigenvalue weighted by Gasteiger charge is 2.37. The molecule has 7 heteroatoms. The van der Waals surface area contributed by atoms with Crippen LogP contribution in [0.1, 0.15) is 28.8 Å². The first-order valence-electron chi connectivity index (χ1n) is 8.21. The topological polar surface area (TPSA) is 73.7 Å². The fourth-order valence-corrected chi connectivity index (χ4v) is 3.91. The zero-order valence-electron chi connectivity index (χ0n) is 14.0. The Balaban J connectivity index is 1.68. The number of hydrogen-bond donors (Lipinski definition) is 1. The molecule has 1 fully saturated rings. The van der Waals surface area contributed by atoms with Crippen LogP contribution >= 0.6 is 11.3 Å². The van der Waals surface area contributed by atoms with Crippen molar-refractivity contribution >= 4 is 23.2 Å². The summed E-state index contributed by atoms with van der Waals surface area (Å²) in [6.45, 7) is 1.16. The molecule has 132 valence electrons. The number of aromatic nitrogens is 1. The van der Waals surface area contributed by atoms with Crippen molar-refractivity contribution in [3.8, 4) is 0 Å². The SMILES string of the molecule is CN(Cc1cccnc1)[C@@H]1CCN(C(=O)c2ccsc2)[C@H](C(=O)O)C1. The summed E-state index contributed by atoms with van der Waals surface area (Å²) in [5, 5.41) is 13.2. The van der Waals surface area contributed by atoms with Crippen LogP contribution in [0.3, 0.4) is 0 Å². The Kier molecular flexibility index (Phi) is 5.45. The van der Waals surface area contributed by atoms with E-state index in [0.29, 0.717) is 25.1 Å². The van der Waals surface area contributed by atoms with Gasteiger partial charge in [-0.3, -0.25) is 14.7 Å². The Hall–Kier alpha value is -2.25. The van der Waals surface area contributed by atoms with Crippen LogP contribution < -0.4 is 0 Å². The lowest BCUT2D eigenvalue weighted by molar-refractivity contribution is -0.144. The molecule has 1 saturated heterocycles. The number of piperidine rings is 1. The zero-order valence-corrected chi connectivity index (χ0v) is 14.9. The summed E-state index contributed by atoms with van der Waals surface area (Å²) >= 11 is 1.44. The number of hydrogen-bond acceptors (Lipinski definition) is 5. The van der Waals surface area contributed by atoms with Crippen molar-refractivity contribution in [2.75, 3.05) is 13.6 Å². The van der Waals surface area contributed by atoms with Gasteiger partial charge in [-0.25, -0.2) is 4.79 Å². The Bertz CT molecular complexity index is 720. The van der Waals surface area contributed by atoms with Gasteiger partial charge in [-0.2, -0.15) is 11.3 Å². The summed E-state index contributed by atoms with van der Waals surface area (Å²) in [4.78, 5) is 32.1. The Labute approximate surface area is 150 Å². The molecule has 0 radical (unpaired) electrons. The van der Waals surface area contributed by atoms with Crippen LogP contribution in [-0.2, 0) is 11.3 Å². The molecule has 3 heterocycles. The number of likely N-dealkylation sites (tertiary alicyclic amines) is 1. The van der Waals surface area contributed by atoms with E-state index in [2.05, 4.69) is 9.88 Å². The van der Waals surface area contributed by atoms with Gasteiger partial charge in [-0.1, -0.05) is 6.07 Å². The number of pyridine rings is 1. The molecule has 2 aromatic rings. The predicted octanol–water partition coefficient (Wildman–Crippen LogP) is 2.33. The lowest BCUT2D eigenvalue weighted by atomic mass is 9.95. The van der Waals surface area contributed by atoms with Gasteiger partial charge >= 0.3 is 5.97 Å². The fourth-order valence-electron chi connectivity index (χ4n) is 3.29. The lowest BCUT2D eigenvalue weighted by Crippen LogP contribution is -2.54. The molecular formula is C18H21N3O3S. The van der Waals surface area contributed by atoms with Crippen LogP contribution in [0.2, 0.25) is 0 Å². The number of carboxylic acid groups (broad SMARTS) is 1. The van der Waals surface area contributed by atoms with E-state index in [-0.39, 0.29) is 11.9 Å². The van der Waals surface area contributed by atoms with Crippen molar-refractivity contribution in [2.45, 2.75) is 31.5 Å². The minimum atomic E-state index is -0.942. The minimum absolute atomic E-state index is 0.118. The van der Waals surface area contributed by atoms with Crippen LogP contribution in [0, 0.1) is 0 Å². The molecule has 2 aromatic heterocycles. The van der Waals surface area contributed by atoms with E-state index in [1.54, 1.807) is 17.6 Å². The number of aliphatic carboxylic acids is 1. The van der Waals surface area contributed by atoms with Gasteiger partial charge in [0, 0.05) is 36.9 Å². The Morgan fingerprint density at radius 3 is 2.92 bits per heavy atom. The average Bonchev–Trinajstić information content (AvgIpc) is 3.16. The third-order valence-corrected chi connectivity index (χ3v) is 5.35. The van der Waals surface area contributed by atoms with Gasteiger partial charge in [-0.15, -0.1) is 0 Å². The standard InChI is InChI=1S/C18H21N3O3S/c1-20(11-13-3-2-6-19-10-13)15-4-7-21(16(9-15)18(23)24)17(22)14-5-8-25-12-14/h2-3,5-6,8,10,12,15-16H,4,7,9,11H2,1H3,(H,23,24)/t15-,16+/m1/s1. The van der Waals surface area contributed by atoms with Gasteiger partial charge in [0.1, 0.15) is 6.04 Å². The Morgan fingerprint density at radius 2 is 2.28 bits per heavy atom. The van der Waals surface area contributed by atoms with Gasteiger partial charge in [0.25, 0.3) is 5.91 Å². The largest absolute Gasteiger partial charge is 0.480 e. The van der Waals surface area contributed by atoms with Crippen molar-refractivity contribution in [3.05, 3.63) is 52.5 Å². The lowest BCUT2D eigenvalue weighted by Gasteiger charge is -2.40. The summed E-state index contributed by atoms with van der Waals surface area (Å²) in [6, 6.07) is 4.97. The van der Waals surface area contributed by atoms with Gasteiger partial charge in [0.05, 0.1) is 5.56 Å². The molecule has 0 bridgehead atoms. The molecule has 1 N–H and O–H groups in total. The number of carboxylic acids is 1. The highest BCUT2D eigenvalue weighted by Crippen LogP contribution is 2.25. The van der Waals surface area contributed by atoms with Crippen LogP contribution in [0.25, 0.3) is 0 Å². The van der Waals surface area contributed by atoms with E-state index < -0.39 is 12.0 Å². The summed E-state index contributed by atoms with van der Waals surface area (Å²) in [6.07, 6.45) is 4.75. The molecule has 1 aliphatic rings. The molecule has 6 nitrogen and oxygen atoms in total. The summed E-state index contributed by atoms with van der Waals surface area (Å²) < 4.78 is 0. The average molecular weight is 359 g/mol. The maximum atomic E-state index is 12.6. The maximum Gasteiger partial charge on any atom is 0.326 e. The van der Waals surface area contributed by atoms with Crippen molar-refractivity contribution in [1.82, 2.24) is 14.8 Å².